The molecule has 0 aliphatic carbocycles. The smallest absolute Gasteiger partial charge is 0.0463 e. The van der Waals surface area contributed by atoms with Gasteiger partial charge in [0.15, 0.2) is 0 Å². The van der Waals surface area contributed by atoms with Gasteiger partial charge in [-0.2, -0.15) is 0 Å². The third kappa shape index (κ3) is 2.95. The minimum atomic E-state index is 0.401. The highest BCUT2D eigenvalue weighted by Crippen LogP contribution is 2.18. The maximum Gasteiger partial charge on any atom is 0.0463 e. The van der Waals surface area contributed by atoms with Gasteiger partial charge < -0.3 is 0 Å². The Bertz CT molecular complexity index is 127. The molecule has 1 fully saturated rings. The van der Waals surface area contributed by atoms with E-state index in [1.54, 1.807) is 0 Å². The van der Waals surface area contributed by atoms with Crippen molar-refractivity contribution in [1.29, 1.82) is 0 Å². The van der Waals surface area contributed by atoms with Crippen molar-refractivity contribution < 1.29 is 0 Å². The molecular weight excluding hydrogens is 170 g/mol. The van der Waals surface area contributed by atoms with Crippen molar-refractivity contribution in [2.45, 2.75) is 50.9 Å². The molecule has 12 heavy (non-hydrogen) atoms. The van der Waals surface area contributed by atoms with Crippen LogP contribution in [-0.2, 0) is 0 Å². The molecule has 1 aliphatic rings. The first-order chi connectivity index (χ1) is 5.74. The molecule has 1 saturated heterocycles. The summed E-state index contributed by atoms with van der Waals surface area (Å²) in [5.41, 5.74) is 0. The summed E-state index contributed by atoms with van der Waals surface area (Å²) in [4.78, 5) is 2.53. The normalized spacial score (nSPS) is 28.8. The number of hydrogen-bond acceptors (Lipinski definition) is 1. The van der Waals surface area contributed by atoms with E-state index in [4.69, 9.17) is 11.6 Å². The quantitative estimate of drug-likeness (QED) is 0.618. The molecular formula is C10H20ClN. The molecule has 1 aliphatic heterocycles. The van der Waals surface area contributed by atoms with E-state index in [2.05, 4.69) is 18.7 Å². The average Bonchev–Trinajstić information content (AvgIpc) is 2.05. The fourth-order valence-electron chi connectivity index (χ4n) is 1.95. The predicted molar refractivity (Wildman–Crippen MR) is 54.8 cm³/mol. The van der Waals surface area contributed by atoms with Crippen molar-refractivity contribution in [2.24, 2.45) is 0 Å². The highest BCUT2D eigenvalue weighted by molar-refractivity contribution is 6.20. The Morgan fingerprint density at radius 2 is 2.33 bits per heavy atom. The Balaban J connectivity index is 2.29. The third-order valence-electron chi connectivity index (χ3n) is 2.73. The maximum absolute atomic E-state index is 6.11. The van der Waals surface area contributed by atoms with E-state index in [1.807, 2.05) is 0 Å². The van der Waals surface area contributed by atoms with Crippen molar-refractivity contribution in [1.82, 2.24) is 4.90 Å². The van der Waals surface area contributed by atoms with E-state index in [-0.39, 0.29) is 0 Å². The van der Waals surface area contributed by atoms with Gasteiger partial charge in [-0.05, 0) is 32.7 Å². The van der Waals surface area contributed by atoms with Crippen LogP contribution in [0.2, 0.25) is 0 Å². The van der Waals surface area contributed by atoms with Crippen LogP contribution in [0.4, 0.5) is 0 Å². The summed E-state index contributed by atoms with van der Waals surface area (Å²) in [5.74, 6) is 0. The summed E-state index contributed by atoms with van der Waals surface area (Å²) < 4.78 is 0. The van der Waals surface area contributed by atoms with Crippen molar-refractivity contribution in [3.05, 3.63) is 0 Å². The van der Waals surface area contributed by atoms with E-state index in [0.29, 0.717) is 5.38 Å². The van der Waals surface area contributed by atoms with Gasteiger partial charge in [-0.3, -0.25) is 4.90 Å². The maximum atomic E-state index is 6.11. The van der Waals surface area contributed by atoms with Crippen molar-refractivity contribution in [3.63, 3.8) is 0 Å². The first-order valence-electron chi connectivity index (χ1n) is 5.12. The Kier molecular flexibility index (Phi) is 4.38. The summed E-state index contributed by atoms with van der Waals surface area (Å²) in [6.45, 7) is 6.92. The molecule has 2 unspecified atom stereocenters. The minimum absolute atomic E-state index is 0.401. The monoisotopic (exact) mass is 189 g/mol. The van der Waals surface area contributed by atoms with Crippen LogP contribution in [0.1, 0.15) is 39.5 Å². The van der Waals surface area contributed by atoms with Gasteiger partial charge in [0, 0.05) is 18.0 Å². The number of likely N-dealkylation sites (tertiary alicyclic amines) is 1. The molecule has 1 rings (SSSR count). The number of alkyl halides is 1. The van der Waals surface area contributed by atoms with Gasteiger partial charge in [0.2, 0.25) is 0 Å². The molecule has 0 saturated carbocycles. The summed E-state index contributed by atoms with van der Waals surface area (Å²) in [6.07, 6.45) is 5.08. The zero-order valence-corrected chi connectivity index (χ0v) is 8.98. The lowest BCUT2D eigenvalue weighted by molar-refractivity contribution is 0.168. The van der Waals surface area contributed by atoms with Gasteiger partial charge in [-0.1, -0.05) is 13.3 Å². The first-order valence-corrected chi connectivity index (χ1v) is 5.55. The van der Waals surface area contributed by atoms with E-state index in [1.165, 1.54) is 32.2 Å². The van der Waals surface area contributed by atoms with Crippen LogP contribution in [0.15, 0.2) is 0 Å². The Morgan fingerprint density at radius 3 is 2.92 bits per heavy atom. The molecule has 0 aromatic carbocycles. The highest BCUT2D eigenvalue weighted by atomic mass is 35.5. The summed E-state index contributed by atoms with van der Waals surface area (Å²) in [7, 11) is 0. The molecule has 0 spiro atoms. The SMILES string of the molecule is CCCC(C)N1CCCC(Cl)C1. The summed E-state index contributed by atoms with van der Waals surface area (Å²) in [6, 6.07) is 0.733. The molecule has 0 bridgehead atoms. The van der Waals surface area contributed by atoms with Crippen LogP contribution < -0.4 is 0 Å². The third-order valence-corrected chi connectivity index (χ3v) is 3.08. The van der Waals surface area contributed by atoms with Crippen molar-refractivity contribution in [3.8, 4) is 0 Å². The van der Waals surface area contributed by atoms with Crippen LogP contribution in [0, 0.1) is 0 Å². The topological polar surface area (TPSA) is 3.24 Å². The van der Waals surface area contributed by atoms with E-state index >= 15 is 0 Å². The standard InChI is InChI=1S/C10H20ClN/c1-3-5-9(2)12-7-4-6-10(11)8-12/h9-10H,3-8H2,1-2H3. The fraction of sp³-hybridized carbons (Fsp3) is 1.00. The molecule has 1 heterocycles. The molecule has 0 N–H and O–H groups in total. The molecule has 0 amide bonds. The number of halogens is 1. The van der Waals surface area contributed by atoms with Gasteiger partial charge >= 0.3 is 0 Å². The van der Waals surface area contributed by atoms with Crippen LogP contribution >= 0.6 is 11.6 Å². The zero-order valence-electron chi connectivity index (χ0n) is 8.22. The largest absolute Gasteiger partial charge is 0.299 e. The Morgan fingerprint density at radius 1 is 1.58 bits per heavy atom. The molecule has 1 nitrogen and oxygen atoms in total. The predicted octanol–water partition coefficient (Wildman–Crippen LogP) is 2.88. The second-order valence-electron chi connectivity index (χ2n) is 3.87. The Labute approximate surface area is 81.1 Å². The molecule has 2 heteroatoms. The van der Waals surface area contributed by atoms with Gasteiger partial charge in [-0.25, -0.2) is 0 Å². The lowest BCUT2D eigenvalue weighted by atomic mass is 10.1. The van der Waals surface area contributed by atoms with Gasteiger partial charge in [0.05, 0.1) is 0 Å². The number of nitrogens with zero attached hydrogens (tertiary/aromatic N) is 1. The number of piperidine rings is 1. The molecule has 0 aromatic heterocycles. The fourth-order valence-corrected chi connectivity index (χ4v) is 2.29. The zero-order chi connectivity index (χ0) is 8.97. The van der Waals surface area contributed by atoms with Crippen LogP contribution in [0.3, 0.4) is 0 Å². The van der Waals surface area contributed by atoms with Gasteiger partial charge in [0.1, 0.15) is 0 Å². The van der Waals surface area contributed by atoms with Crippen LogP contribution in [-0.4, -0.2) is 29.4 Å². The Hall–Kier alpha value is 0.250. The molecule has 2 atom stereocenters. The number of rotatable bonds is 3. The second-order valence-corrected chi connectivity index (χ2v) is 4.49. The average molecular weight is 190 g/mol. The second kappa shape index (κ2) is 5.08. The minimum Gasteiger partial charge on any atom is -0.299 e. The van der Waals surface area contributed by atoms with E-state index in [9.17, 15) is 0 Å². The highest BCUT2D eigenvalue weighted by Gasteiger charge is 2.20. The van der Waals surface area contributed by atoms with Gasteiger partial charge in [-0.15, -0.1) is 11.6 Å². The van der Waals surface area contributed by atoms with Crippen LogP contribution in [0.25, 0.3) is 0 Å². The lowest BCUT2D eigenvalue weighted by Gasteiger charge is -2.34. The van der Waals surface area contributed by atoms with Crippen molar-refractivity contribution >= 4 is 11.6 Å². The van der Waals surface area contributed by atoms with E-state index in [0.717, 1.165) is 12.6 Å². The summed E-state index contributed by atoms with van der Waals surface area (Å²) in [5, 5.41) is 0.401. The first kappa shape index (κ1) is 10.3. The van der Waals surface area contributed by atoms with Crippen molar-refractivity contribution in [2.75, 3.05) is 13.1 Å². The number of hydrogen-bond donors (Lipinski definition) is 0. The molecule has 0 aromatic rings. The lowest BCUT2D eigenvalue weighted by Crippen LogP contribution is -2.41. The molecule has 0 radical (unpaired) electrons. The molecule has 72 valence electrons. The van der Waals surface area contributed by atoms with Crippen LogP contribution in [0.5, 0.6) is 0 Å². The summed E-state index contributed by atoms with van der Waals surface area (Å²) >= 11 is 6.11. The van der Waals surface area contributed by atoms with E-state index < -0.39 is 0 Å². The van der Waals surface area contributed by atoms with Gasteiger partial charge in [0.25, 0.3) is 0 Å².